The van der Waals surface area contributed by atoms with Crippen molar-refractivity contribution in [2.45, 2.75) is 6.92 Å². The second kappa shape index (κ2) is 18.3. The fourth-order valence-electron chi connectivity index (χ4n) is 0.249. The van der Waals surface area contributed by atoms with Crippen LogP contribution in [0, 0.1) is 0 Å². The zero-order chi connectivity index (χ0) is 6.41. The molecule has 2 nitrogen and oxygen atoms in total. The molecule has 0 aromatic carbocycles. The van der Waals surface area contributed by atoms with Crippen LogP contribution in [0.4, 0.5) is 0 Å². The van der Waals surface area contributed by atoms with E-state index in [1.807, 2.05) is 6.92 Å². The molecule has 0 saturated carbocycles. The summed E-state index contributed by atoms with van der Waals surface area (Å²) in [6.45, 7) is 1.83. The number of carboxylic acid groups (broad SMARTS) is 1. The van der Waals surface area contributed by atoms with Crippen LogP contribution in [0.15, 0.2) is 24.3 Å². The zero-order valence-electron chi connectivity index (χ0n) is 8.04. The third-order valence-corrected chi connectivity index (χ3v) is 0.542. The number of aliphatic carboxylic acids is 1. The monoisotopic (exact) mass is 226 g/mol. The van der Waals surface area contributed by atoms with Crippen LogP contribution in [0.2, 0.25) is 0 Å². The first-order valence-electron chi connectivity index (χ1n) is 2.29. The summed E-state index contributed by atoms with van der Waals surface area (Å²) in [4.78, 5) is 9.75. The van der Waals surface area contributed by atoms with E-state index in [1.165, 1.54) is 6.08 Å². The Morgan fingerprint density at radius 1 is 1.36 bits per heavy atom. The van der Waals surface area contributed by atoms with Gasteiger partial charge in [-0.2, -0.15) is 0 Å². The largest absolute Gasteiger partial charge is 1.00 e. The van der Waals surface area contributed by atoms with Crippen molar-refractivity contribution < 1.29 is 127 Å². The van der Waals surface area contributed by atoms with E-state index in [2.05, 4.69) is 0 Å². The van der Waals surface area contributed by atoms with E-state index in [1.54, 1.807) is 12.2 Å². The quantitative estimate of drug-likeness (QED) is 0.289. The summed E-state index contributed by atoms with van der Waals surface area (Å²) >= 11 is 0. The topological polar surface area (TPSA) is 37.3 Å². The van der Waals surface area contributed by atoms with Crippen molar-refractivity contribution in [1.29, 1.82) is 0 Å². The summed E-state index contributed by atoms with van der Waals surface area (Å²) in [5.74, 6) is -0.914. The van der Waals surface area contributed by atoms with E-state index < -0.39 is 5.97 Å². The maximum Gasteiger partial charge on any atom is 1.00 e. The molecular formula is C6H9ClK2O2. The van der Waals surface area contributed by atoms with Gasteiger partial charge in [0.05, 0.1) is 0 Å². The van der Waals surface area contributed by atoms with E-state index in [4.69, 9.17) is 5.11 Å². The predicted octanol–water partition coefficient (Wildman–Crippen LogP) is -7.67. The molecule has 0 radical (unpaired) electrons. The van der Waals surface area contributed by atoms with Gasteiger partial charge in [-0.25, -0.2) is 4.79 Å². The molecule has 0 aliphatic rings. The SMILES string of the molecule is C/C=C/C=C/C(=O)O.[Cl-].[H-].[K+].[K+]. The molecule has 0 aliphatic carbocycles. The number of rotatable bonds is 2. The van der Waals surface area contributed by atoms with E-state index in [0.29, 0.717) is 0 Å². The standard InChI is InChI=1S/C6H8O2.ClH.2K.H/c1-2-3-4-5-6(7)8;;;;/h2-5H,1H3,(H,7,8);1H;;;/q;;2*+1;-1/p-1/b3-2+,5-4+;;;;. The Morgan fingerprint density at radius 2 is 1.82 bits per heavy atom. The van der Waals surface area contributed by atoms with Crippen LogP contribution in [-0.2, 0) is 4.79 Å². The Kier molecular flexibility index (Phi) is 39.0. The van der Waals surface area contributed by atoms with Crippen molar-refractivity contribution in [3.05, 3.63) is 24.3 Å². The summed E-state index contributed by atoms with van der Waals surface area (Å²) < 4.78 is 0. The van der Waals surface area contributed by atoms with E-state index in [0.717, 1.165) is 6.08 Å². The molecule has 0 aromatic heterocycles. The maximum atomic E-state index is 9.75. The van der Waals surface area contributed by atoms with Gasteiger partial charge >= 0.3 is 109 Å². The Hall–Kier alpha value is 2.51. The van der Waals surface area contributed by atoms with Crippen molar-refractivity contribution >= 4 is 5.97 Å². The average molecular weight is 227 g/mol. The molecule has 0 amide bonds. The molecule has 1 N–H and O–H groups in total. The summed E-state index contributed by atoms with van der Waals surface area (Å²) in [5, 5.41) is 8.02. The van der Waals surface area contributed by atoms with Gasteiger partial charge in [0.1, 0.15) is 0 Å². The average Bonchev–Trinajstić information content (AvgIpc) is 1.66. The number of hydrogen-bond acceptors (Lipinski definition) is 1. The van der Waals surface area contributed by atoms with Crippen molar-refractivity contribution in [2.75, 3.05) is 0 Å². The molecule has 0 spiro atoms. The second-order valence-corrected chi connectivity index (χ2v) is 1.22. The van der Waals surface area contributed by atoms with Crippen LogP contribution < -0.4 is 115 Å². The molecule has 54 valence electrons. The first-order chi connectivity index (χ1) is 3.77. The summed E-state index contributed by atoms with van der Waals surface area (Å²) in [6.07, 6.45) is 5.98. The summed E-state index contributed by atoms with van der Waals surface area (Å²) in [7, 11) is 0. The Morgan fingerprint density at radius 3 is 2.09 bits per heavy atom. The zero-order valence-corrected chi connectivity index (χ0v) is 14.0. The van der Waals surface area contributed by atoms with Gasteiger partial charge in [-0.3, -0.25) is 0 Å². The first kappa shape index (κ1) is 23.4. The molecular weight excluding hydrogens is 218 g/mol. The first-order valence-corrected chi connectivity index (χ1v) is 2.29. The number of hydrogen-bond donors (Lipinski definition) is 1. The molecule has 0 saturated heterocycles. The number of carbonyl (C=O) groups is 1. The molecule has 0 unspecified atom stereocenters. The Balaban J connectivity index is -0.0000000408. The second-order valence-electron chi connectivity index (χ2n) is 1.22. The van der Waals surface area contributed by atoms with Gasteiger partial charge < -0.3 is 18.9 Å². The van der Waals surface area contributed by atoms with Crippen molar-refractivity contribution in [3.8, 4) is 0 Å². The van der Waals surface area contributed by atoms with Gasteiger partial charge in [-0.05, 0) is 6.92 Å². The van der Waals surface area contributed by atoms with Crippen LogP contribution in [0.1, 0.15) is 8.35 Å². The number of halogens is 1. The fourth-order valence-corrected chi connectivity index (χ4v) is 0.249. The van der Waals surface area contributed by atoms with E-state index >= 15 is 0 Å². The molecule has 0 bridgehead atoms. The van der Waals surface area contributed by atoms with Gasteiger partial charge in [-0.1, -0.05) is 18.2 Å². The third kappa shape index (κ3) is 24.5. The molecule has 0 aromatic rings. The Bertz CT molecular complexity index is 140. The molecule has 0 rings (SSSR count). The van der Waals surface area contributed by atoms with Crippen LogP contribution in [-0.4, -0.2) is 11.1 Å². The minimum absolute atomic E-state index is 0. The fraction of sp³-hybridized carbons (Fsp3) is 0.167. The van der Waals surface area contributed by atoms with Gasteiger partial charge in [0.25, 0.3) is 0 Å². The van der Waals surface area contributed by atoms with Crippen LogP contribution in [0.5, 0.6) is 0 Å². The maximum absolute atomic E-state index is 9.75. The van der Waals surface area contributed by atoms with Gasteiger partial charge in [0, 0.05) is 6.08 Å². The van der Waals surface area contributed by atoms with Crippen molar-refractivity contribution in [2.24, 2.45) is 0 Å². The smallest absolute Gasteiger partial charge is 1.00 e. The molecule has 5 heteroatoms. The molecule has 0 fully saturated rings. The molecule has 0 heterocycles. The minimum Gasteiger partial charge on any atom is -1.00 e. The van der Waals surface area contributed by atoms with Crippen LogP contribution >= 0.6 is 0 Å². The third-order valence-electron chi connectivity index (χ3n) is 0.542. The van der Waals surface area contributed by atoms with E-state index in [-0.39, 0.29) is 117 Å². The molecule has 11 heavy (non-hydrogen) atoms. The molecule has 0 aliphatic heterocycles. The number of allylic oxidation sites excluding steroid dienone is 3. The van der Waals surface area contributed by atoms with Gasteiger partial charge in [0.15, 0.2) is 0 Å². The van der Waals surface area contributed by atoms with Crippen LogP contribution in [0.25, 0.3) is 0 Å². The van der Waals surface area contributed by atoms with Crippen molar-refractivity contribution in [3.63, 3.8) is 0 Å². The number of carboxylic acids is 1. The van der Waals surface area contributed by atoms with Gasteiger partial charge in [0.2, 0.25) is 0 Å². The Labute approximate surface area is 160 Å². The van der Waals surface area contributed by atoms with Gasteiger partial charge in [-0.15, -0.1) is 0 Å². The van der Waals surface area contributed by atoms with E-state index in [9.17, 15) is 4.79 Å². The molecule has 0 atom stereocenters. The van der Waals surface area contributed by atoms with Crippen LogP contribution in [0.3, 0.4) is 0 Å². The van der Waals surface area contributed by atoms with Crippen molar-refractivity contribution in [1.82, 2.24) is 0 Å². The summed E-state index contributed by atoms with van der Waals surface area (Å²) in [5.41, 5.74) is 0. The summed E-state index contributed by atoms with van der Waals surface area (Å²) in [6, 6.07) is 0. The normalized spacial score (nSPS) is 8.09. The predicted molar refractivity (Wildman–Crippen MR) is 32.7 cm³/mol. The minimum atomic E-state index is -0.914.